The van der Waals surface area contributed by atoms with Crippen LogP contribution in [0.15, 0.2) is 60.7 Å². The maximum Gasteiger partial charge on any atom is 0.335 e. The SMILES string of the molecule is O=C(O)[C@@H](O)[C@H]1OC(c2ccccc2)O[C@H]2COC(c3ccccc3)O[C@@H]12. The van der Waals surface area contributed by atoms with Crippen LogP contribution in [0.5, 0.6) is 0 Å². The molecule has 2 unspecified atom stereocenters. The number of aliphatic hydroxyl groups is 1. The summed E-state index contributed by atoms with van der Waals surface area (Å²) in [6.07, 6.45) is -5.69. The van der Waals surface area contributed by atoms with Gasteiger partial charge >= 0.3 is 5.97 Å². The van der Waals surface area contributed by atoms with Gasteiger partial charge in [-0.25, -0.2) is 4.79 Å². The summed E-state index contributed by atoms with van der Waals surface area (Å²) in [7, 11) is 0. The Bertz CT molecular complexity index is 766. The summed E-state index contributed by atoms with van der Waals surface area (Å²) in [5.41, 5.74) is 1.52. The van der Waals surface area contributed by atoms with E-state index in [9.17, 15) is 15.0 Å². The van der Waals surface area contributed by atoms with Crippen molar-refractivity contribution in [3.63, 3.8) is 0 Å². The molecule has 2 fully saturated rings. The average Bonchev–Trinajstić information content (AvgIpc) is 2.73. The van der Waals surface area contributed by atoms with E-state index < -0.39 is 43.0 Å². The summed E-state index contributed by atoms with van der Waals surface area (Å²) in [6, 6.07) is 18.4. The van der Waals surface area contributed by atoms with Gasteiger partial charge in [-0.2, -0.15) is 0 Å². The van der Waals surface area contributed by atoms with E-state index in [4.69, 9.17) is 18.9 Å². The number of fused-ring (bicyclic) bond motifs is 1. The highest BCUT2D eigenvalue weighted by molar-refractivity contribution is 5.72. The molecule has 0 saturated carbocycles. The Morgan fingerprint density at radius 1 is 0.889 bits per heavy atom. The van der Waals surface area contributed by atoms with Crippen LogP contribution in [0.2, 0.25) is 0 Å². The van der Waals surface area contributed by atoms with Gasteiger partial charge < -0.3 is 29.2 Å². The van der Waals surface area contributed by atoms with E-state index in [1.54, 1.807) is 0 Å². The van der Waals surface area contributed by atoms with Gasteiger partial charge in [0.15, 0.2) is 18.7 Å². The standard InChI is InChI=1S/C20H20O7/c21-15(18(22)23)17-16-14(25-20(27-17)13-9-5-2-6-10-13)11-24-19(26-16)12-7-3-1-4-8-12/h1-10,14-17,19-21H,11H2,(H,22,23)/t14-,15-,16+,17+,19?,20?/m0/s1. The molecule has 2 aliphatic heterocycles. The van der Waals surface area contributed by atoms with Crippen molar-refractivity contribution in [3.8, 4) is 0 Å². The van der Waals surface area contributed by atoms with E-state index in [1.165, 1.54) is 0 Å². The van der Waals surface area contributed by atoms with Gasteiger partial charge in [-0.1, -0.05) is 60.7 Å². The van der Waals surface area contributed by atoms with E-state index in [2.05, 4.69) is 0 Å². The highest BCUT2D eigenvalue weighted by atomic mass is 16.8. The van der Waals surface area contributed by atoms with Gasteiger partial charge in [0.25, 0.3) is 0 Å². The Morgan fingerprint density at radius 3 is 2.07 bits per heavy atom. The van der Waals surface area contributed by atoms with E-state index in [1.807, 2.05) is 60.7 Å². The van der Waals surface area contributed by atoms with Crippen molar-refractivity contribution < 1.29 is 34.0 Å². The highest BCUT2D eigenvalue weighted by Crippen LogP contribution is 2.38. The Kier molecular flexibility index (Phi) is 5.20. The minimum absolute atomic E-state index is 0.194. The third-order valence-electron chi connectivity index (χ3n) is 4.67. The lowest BCUT2D eigenvalue weighted by Crippen LogP contribution is -2.59. The largest absolute Gasteiger partial charge is 0.479 e. The van der Waals surface area contributed by atoms with Gasteiger partial charge in [-0.15, -0.1) is 0 Å². The van der Waals surface area contributed by atoms with Crippen molar-refractivity contribution in [1.82, 2.24) is 0 Å². The molecule has 27 heavy (non-hydrogen) atoms. The molecule has 2 aromatic rings. The summed E-state index contributed by atoms with van der Waals surface area (Å²) in [4.78, 5) is 11.4. The van der Waals surface area contributed by atoms with E-state index >= 15 is 0 Å². The lowest BCUT2D eigenvalue weighted by Gasteiger charge is -2.46. The van der Waals surface area contributed by atoms with E-state index in [0.717, 1.165) is 11.1 Å². The zero-order chi connectivity index (χ0) is 18.8. The number of aliphatic hydroxyl groups excluding tert-OH is 1. The first-order valence-corrected chi connectivity index (χ1v) is 8.72. The molecule has 7 nitrogen and oxygen atoms in total. The maximum atomic E-state index is 11.4. The van der Waals surface area contributed by atoms with Crippen molar-refractivity contribution in [2.24, 2.45) is 0 Å². The van der Waals surface area contributed by atoms with Crippen LogP contribution in [-0.4, -0.2) is 47.2 Å². The molecule has 2 saturated heterocycles. The molecule has 2 aromatic carbocycles. The maximum absolute atomic E-state index is 11.4. The van der Waals surface area contributed by atoms with Gasteiger partial charge in [0, 0.05) is 11.1 Å². The summed E-state index contributed by atoms with van der Waals surface area (Å²) in [5, 5.41) is 19.5. The van der Waals surface area contributed by atoms with Crippen molar-refractivity contribution in [1.29, 1.82) is 0 Å². The number of carboxylic acid groups (broad SMARTS) is 1. The fourth-order valence-corrected chi connectivity index (χ4v) is 3.31. The molecule has 0 bridgehead atoms. The van der Waals surface area contributed by atoms with Gasteiger partial charge in [0.05, 0.1) is 6.61 Å². The molecule has 6 atom stereocenters. The quantitative estimate of drug-likeness (QED) is 0.848. The lowest BCUT2D eigenvalue weighted by molar-refractivity contribution is -0.371. The molecule has 2 N–H and O–H groups in total. The van der Waals surface area contributed by atoms with Crippen LogP contribution in [0.4, 0.5) is 0 Å². The molecule has 142 valence electrons. The number of carbonyl (C=O) groups is 1. The smallest absolute Gasteiger partial charge is 0.335 e. The molecule has 0 radical (unpaired) electrons. The molecule has 4 rings (SSSR count). The summed E-state index contributed by atoms with van der Waals surface area (Å²) < 4.78 is 23.5. The highest BCUT2D eigenvalue weighted by Gasteiger charge is 2.49. The first-order valence-electron chi connectivity index (χ1n) is 8.72. The van der Waals surface area contributed by atoms with Crippen LogP contribution in [0.25, 0.3) is 0 Å². The number of rotatable bonds is 4. The van der Waals surface area contributed by atoms with Crippen LogP contribution in [0.3, 0.4) is 0 Å². The molecule has 0 aromatic heterocycles. The normalized spacial score (nSPS) is 31.7. The van der Waals surface area contributed by atoms with Gasteiger partial charge in [-0.3, -0.25) is 0 Å². The molecule has 2 heterocycles. The topological polar surface area (TPSA) is 94.5 Å². The molecular weight excluding hydrogens is 352 g/mol. The Labute approximate surface area is 156 Å². The van der Waals surface area contributed by atoms with Crippen LogP contribution >= 0.6 is 0 Å². The molecule has 7 heteroatoms. The number of ether oxygens (including phenoxy) is 4. The fraction of sp³-hybridized carbons (Fsp3) is 0.350. The van der Waals surface area contributed by atoms with Crippen molar-refractivity contribution >= 4 is 5.97 Å². The Morgan fingerprint density at radius 2 is 1.48 bits per heavy atom. The number of aliphatic carboxylic acids is 1. The van der Waals surface area contributed by atoms with Crippen LogP contribution in [0, 0.1) is 0 Å². The molecule has 0 aliphatic carbocycles. The Balaban J connectivity index is 1.59. The molecular formula is C20H20O7. The third-order valence-corrected chi connectivity index (χ3v) is 4.67. The van der Waals surface area contributed by atoms with Gasteiger partial charge in [-0.05, 0) is 0 Å². The predicted octanol–water partition coefficient (Wildman–Crippen LogP) is 2.03. The summed E-state index contributed by atoms with van der Waals surface area (Å²) in [6.45, 7) is 0.194. The predicted molar refractivity (Wildman–Crippen MR) is 92.6 cm³/mol. The van der Waals surface area contributed by atoms with Crippen molar-refractivity contribution in [2.45, 2.75) is 37.0 Å². The number of hydrogen-bond acceptors (Lipinski definition) is 6. The molecule has 0 amide bonds. The van der Waals surface area contributed by atoms with Crippen LogP contribution in [0.1, 0.15) is 23.7 Å². The molecule has 0 spiro atoms. The Hall–Kier alpha value is -2.29. The van der Waals surface area contributed by atoms with Crippen molar-refractivity contribution in [2.75, 3.05) is 6.61 Å². The second kappa shape index (κ2) is 7.75. The third kappa shape index (κ3) is 3.73. The summed E-state index contributed by atoms with van der Waals surface area (Å²) >= 11 is 0. The van der Waals surface area contributed by atoms with E-state index in [0.29, 0.717) is 0 Å². The minimum Gasteiger partial charge on any atom is -0.479 e. The van der Waals surface area contributed by atoms with E-state index in [-0.39, 0.29) is 6.61 Å². The number of carboxylic acids is 1. The average molecular weight is 372 g/mol. The second-order valence-corrected chi connectivity index (χ2v) is 6.48. The minimum atomic E-state index is -1.75. The first-order chi connectivity index (χ1) is 13.1. The molecule has 2 aliphatic rings. The first kappa shape index (κ1) is 18.1. The zero-order valence-electron chi connectivity index (χ0n) is 14.4. The number of hydrogen-bond donors (Lipinski definition) is 2. The van der Waals surface area contributed by atoms with Crippen LogP contribution in [-0.2, 0) is 23.7 Å². The number of benzene rings is 2. The van der Waals surface area contributed by atoms with Crippen LogP contribution < -0.4 is 0 Å². The zero-order valence-corrected chi connectivity index (χ0v) is 14.4. The lowest BCUT2D eigenvalue weighted by atomic mass is 9.99. The van der Waals surface area contributed by atoms with Gasteiger partial charge in [0.2, 0.25) is 0 Å². The van der Waals surface area contributed by atoms with Gasteiger partial charge in [0.1, 0.15) is 18.3 Å². The summed E-state index contributed by atoms with van der Waals surface area (Å²) in [5.74, 6) is -1.38. The van der Waals surface area contributed by atoms with Crippen molar-refractivity contribution in [3.05, 3.63) is 71.8 Å². The monoisotopic (exact) mass is 372 g/mol. The fourth-order valence-electron chi connectivity index (χ4n) is 3.31. The second-order valence-electron chi connectivity index (χ2n) is 6.48.